The Morgan fingerprint density at radius 3 is 3.06 bits per heavy atom. The second kappa shape index (κ2) is 5.69. The Kier molecular flexibility index (Phi) is 3.99. The number of nitrogens with two attached hydrogens (primary N) is 1. The number of methoxy groups -OCH3 is 1. The van der Waals surface area contributed by atoms with Crippen molar-refractivity contribution >= 4 is 5.96 Å². The van der Waals surface area contributed by atoms with Gasteiger partial charge >= 0.3 is 0 Å². The number of guanidine groups is 1. The van der Waals surface area contributed by atoms with E-state index < -0.39 is 0 Å². The predicted octanol–water partition coefficient (Wildman–Crippen LogP) is 1.69. The normalized spacial score (nSPS) is 18.8. The van der Waals surface area contributed by atoms with Crippen molar-refractivity contribution in [2.45, 2.75) is 12.6 Å². The number of ether oxygens (including phenoxy) is 1. The molecule has 1 heterocycles. The van der Waals surface area contributed by atoms with Gasteiger partial charge < -0.3 is 15.4 Å². The second-order valence-electron chi connectivity index (χ2n) is 4.29. The fourth-order valence-electron chi connectivity index (χ4n) is 2.30. The Morgan fingerprint density at radius 1 is 1.56 bits per heavy atom. The fourth-order valence-corrected chi connectivity index (χ4v) is 2.30. The van der Waals surface area contributed by atoms with E-state index in [-0.39, 0.29) is 6.04 Å². The minimum Gasteiger partial charge on any atom is -0.380 e. The molecule has 2 N–H and O–H groups in total. The number of hydrogen-bond donors (Lipinski definition) is 1. The molecule has 1 aliphatic rings. The van der Waals surface area contributed by atoms with Gasteiger partial charge in [0.1, 0.15) is 0 Å². The molecule has 4 heteroatoms. The molecule has 1 aromatic rings. The number of nitrogens with zero attached hydrogens (tertiary/aromatic N) is 2. The minimum absolute atomic E-state index is 0.189. The molecule has 1 aromatic carbocycles. The molecule has 0 aromatic heterocycles. The van der Waals surface area contributed by atoms with Gasteiger partial charge in [0.25, 0.3) is 0 Å². The maximum absolute atomic E-state index is 5.91. The van der Waals surface area contributed by atoms with Gasteiger partial charge in [-0.1, -0.05) is 30.3 Å². The number of benzene rings is 1. The maximum atomic E-state index is 5.91. The Morgan fingerprint density at radius 2 is 2.33 bits per heavy atom. The number of hydrogen-bond acceptors (Lipinski definition) is 4. The highest BCUT2D eigenvalue weighted by atomic mass is 16.5. The molecule has 0 fully saturated rings. The van der Waals surface area contributed by atoms with E-state index in [9.17, 15) is 0 Å². The van der Waals surface area contributed by atoms with E-state index in [0.717, 1.165) is 0 Å². The fraction of sp³-hybridized carbons (Fsp3) is 0.357. The van der Waals surface area contributed by atoms with Crippen LogP contribution in [0.1, 0.15) is 17.2 Å². The first-order chi connectivity index (χ1) is 8.77. The first-order valence-corrected chi connectivity index (χ1v) is 6.02. The lowest BCUT2D eigenvalue weighted by molar-refractivity contribution is 0.182. The Labute approximate surface area is 108 Å². The van der Waals surface area contributed by atoms with Crippen LogP contribution in [0.5, 0.6) is 0 Å². The van der Waals surface area contributed by atoms with Crippen LogP contribution in [-0.2, 0) is 11.3 Å². The largest absolute Gasteiger partial charge is 0.380 e. The van der Waals surface area contributed by atoms with Crippen LogP contribution < -0.4 is 5.73 Å². The summed E-state index contributed by atoms with van der Waals surface area (Å²) in [6.07, 6.45) is 1.85. The van der Waals surface area contributed by atoms with E-state index in [2.05, 4.69) is 28.6 Å². The van der Waals surface area contributed by atoms with Crippen molar-refractivity contribution in [2.24, 2.45) is 10.7 Å². The van der Waals surface area contributed by atoms with Crippen LogP contribution in [0, 0.1) is 0 Å². The highest BCUT2D eigenvalue weighted by Gasteiger charge is 2.27. The van der Waals surface area contributed by atoms with Gasteiger partial charge in [-0.25, -0.2) is 0 Å². The molecule has 0 bridgehead atoms. The van der Waals surface area contributed by atoms with Crippen LogP contribution in [0.3, 0.4) is 0 Å². The lowest BCUT2D eigenvalue weighted by atomic mass is 10.00. The number of rotatable bonds is 5. The summed E-state index contributed by atoms with van der Waals surface area (Å²) in [6.45, 7) is 5.78. The molecule has 0 spiro atoms. The van der Waals surface area contributed by atoms with Gasteiger partial charge in [-0.3, -0.25) is 4.99 Å². The van der Waals surface area contributed by atoms with Crippen LogP contribution in [0.4, 0.5) is 0 Å². The molecule has 1 unspecified atom stereocenters. The molecule has 0 saturated carbocycles. The van der Waals surface area contributed by atoms with Gasteiger partial charge in [-0.05, 0) is 11.1 Å². The van der Waals surface area contributed by atoms with Crippen molar-refractivity contribution in [3.63, 3.8) is 0 Å². The van der Waals surface area contributed by atoms with Crippen molar-refractivity contribution in [3.05, 3.63) is 48.0 Å². The van der Waals surface area contributed by atoms with Crippen LogP contribution in [0.25, 0.3) is 0 Å². The Balaban J connectivity index is 2.28. The average molecular weight is 245 g/mol. The molecule has 0 amide bonds. The zero-order valence-corrected chi connectivity index (χ0v) is 10.7. The first kappa shape index (κ1) is 12.6. The molecule has 2 rings (SSSR count). The summed E-state index contributed by atoms with van der Waals surface area (Å²) in [6, 6.07) is 8.45. The van der Waals surface area contributed by atoms with Gasteiger partial charge in [0.05, 0.1) is 19.2 Å². The number of aliphatic imine (C=N–C) groups is 1. The van der Waals surface area contributed by atoms with Gasteiger partial charge in [0, 0.05) is 13.7 Å². The van der Waals surface area contributed by atoms with Crippen LogP contribution in [0.2, 0.25) is 0 Å². The molecule has 18 heavy (non-hydrogen) atoms. The lowest BCUT2D eigenvalue weighted by Gasteiger charge is -2.26. The highest BCUT2D eigenvalue weighted by molar-refractivity contribution is 5.80. The monoisotopic (exact) mass is 245 g/mol. The van der Waals surface area contributed by atoms with E-state index in [0.29, 0.717) is 25.7 Å². The Hall–Kier alpha value is -1.81. The molecule has 96 valence electrons. The molecule has 0 radical (unpaired) electrons. The standard InChI is InChI=1S/C14H19N3O/c1-3-8-17-13(9-16-14(17)15)12-7-5-4-6-11(12)10-18-2/h3-7,13H,1,8-10H2,2H3,(H2,15,16). The second-order valence-corrected chi connectivity index (χ2v) is 4.29. The summed E-state index contributed by atoms with van der Waals surface area (Å²) < 4.78 is 5.24. The highest BCUT2D eigenvalue weighted by Crippen LogP contribution is 2.28. The first-order valence-electron chi connectivity index (χ1n) is 6.02. The summed E-state index contributed by atoms with van der Waals surface area (Å²) in [4.78, 5) is 6.40. The van der Waals surface area contributed by atoms with Crippen LogP contribution >= 0.6 is 0 Å². The van der Waals surface area contributed by atoms with E-state index >= 15 is 0 Å². The molecule has 0 aliphatic carbocycles. The zero-order valence-electron chi connectivity index (χ0n) is 10.7. The molecule has 1 atom stereocenters. The SMILES string of the molecule is C=CCN1C(N)=NCC1c1ccccc1COC. The van der Waals surface area contributed by atoms with Crippen molar-refractivity contribution in [3.8, 4) is 0 Å². The summed E-state index contributed by atoms with van der Waals surface area (Å²) in [5.41, 5.74) is 8.33. The summed E-state index contributed by atoms with van der Waals surface area (Å²) >= 11 is 0. The van der Waals surface area contributed by atoms with Crippen molar-refractivity contribution in [1.29, 1.82) is 0 Å². The summed E-state index contributed by atoms with van der Waals surface area (Å²) in [7, 11) is 1.71. The Bertz CT molecular complexity index is 456. The van der Waals surface area contributed by atoms with Gasteiger partial charge in [0.15, 0.2) is 5.96 Å². The van der Waals surface area contributed by atoms with Crippen LogP contribution in [-0.4, -0.2) is 31.1 Å². The van der Waals surface area contributed by atoms with Crippen molar-refractivity contribution in [2.75, 3.05) is 20.2 Å². The summed E-state index contributed by atoms with van der Waals surface area (Å²) in [5.74, 6) is 0.590. The third kappa shape index (κ3) is 2.38. The van der Waals surface area contributed by atoms with Gasteiger partial charge in [0.2, 0.25) is 0 Å². The molecular weight excluding hydrogens is 226 g/mol. The predicted molar refractivity (Wildman–Crippen MR) is 73.3 cm³/mol. The van der Waals surface area contributed by atoms with Crippen molar-refractivity contribution in [1.82, 2.24) is 4.90 Å². The van der Waals surface area contributed by atoms with Gasteiger partial charge in [-0.2, -0.15) is 0 Å². The van der Waals surface area contributed by atoms with E-state index in [4.69, 9.17) is 10.5 Å². The summed E-state index contributed by atoms with van der Waals surface area (Å²) in [5, 5.41) is 0. The molecule has 4 nitrogen and oxygen atoms in total. The average Bonchev–Trinajstić information content (AvgIpc) is 2.73. The molecule has 0 saturated heterocycles. The minimum atomic E-state index is 0.189. The van der Waals surface area contributed by atoms with Crippen molar-refractivity contribution < 1.29 is 4.74 Å². The third-order valence-electron chi connectivity index (χ3n) is 3.14. The molecule has 1 aliphatic heterocycles. The van der Waals surface area contributed by atoms with E-state index in [1.165, 1.54) is 11.1 Å². The van der Waals surface area contributed by atoms with E-state index in [1.54, 1.807) is 7.11 Å². The topological polar surface area (TPSA) is 50.8 Å². The smallest absolute Gasteiger partial charge is 0.192 e. The maximum Gasteiger partial charge on any atom is 0.192 e. The lowest BCUT2D eigenvalue weighted by Crippen LogP contribution is -2.36. The third-order valence-corrected chi connectivity index (χ3v) is 3.14. The molecular formula is C14H19N3O. The quantitative estimate of drug-likeness (QED) is 0.803. The zero-order chi connectivity index (χ0) is 13.0. The van der Waals surface area contributed by atoms with Crippen LogP contribution in [0.15, 0.2) is 41.9 Å². The van der Waals surface area contributed by atoms with Gasteiger partial charge in [-0.15, -0.1) is 6.58 Å². The van der Waals surface area contributed by atoms with E-state index in [1.807, 2.05) is 18.2 Å².